The highest BCUT2D eigenvalue weighted by Gasteiger charge is 2.38. The summed E-state index contributed by atoms with van der Waals surface area (Å²) in [5.74, 6) is 0. The zero-order chi connectivity index (χ0) is 20.4. The lowest BCUT2D eigenvalue weighted by Crippen LogP contribution is -2.56. The van der Waals surface area contributed by atoms with Crippen molar-refractivity contribution in [1.82, 2.24) is 0 Å². The predicted molar refractivity (Wildman–Crippen MR) is 120 cm³/mol. The fourth-order valence-corrected chi connectivity index (χ4v) is 10.0. The van der Waals surface area contributed by atoms with Gasteiger partial charge in [-0.05, 0) is 12.8 Å². The average molecular weight is 423 g/mol. The maximum atomic E-state index is 6.26. The molecule has 4 unspecified atom stereocenters. The summed E-state index contributed by atoms with van der Waals surface area (Å²) in [6.07, 6.45) is 2.78. The second-order valence-electron chi connectivity index (χ2n) is 9.39. The summed E-state index contributed by atoms with van der Waals surface area (Å²) < 4.78 is 23.2. The van der Waals surface area contributed by atoms with Crippen LogP contribution in [0.5, 0.6) is 0 Å². The summed E-state index contributed by atoms with van der Waals surface area (Å²) in [5, 5.41) is 2.95. The van der Waals surface area contributed by atoms with Gasteiger partial charge in [0.05, 0.1) is 37.9 Å². The molecule has 1 aromatic carbocycles. The number of hydrogen-bond donors (Lipinski definition) is 0. The van der Waals surface area contributed by atoms with Gasteiger partial charge in [0.25, 0.3) is 0 Å². The standard InChI is InChI=1S/C22H38O4Si2/c1-7-21(25-15-17-13-23-17)27(3,4)19-9-11-20(12-10-19)28(5,6)22(8-2)26-16-18-14-24-18/h9-12,17-18,21-22H,7-8,13-16H2,1-6H3. The number of hydrogen-bond acceptors (Lipinski definition) is 4. The first-order chi connectivity index (χ1) is 13.3. The van der Waals surface area contributed by atoms with Gasteiger partial charge in [-0.25, -0.2) is 0 Å². The molecule has 3 rings (SSSR count). The fourth-order valence-electron chi connectivity index (χ4n) is 4.15. The minimum Gasteiger partial charge on any atom is -0.378 e. The minimum absolute atomic E-state index is 0.332. The average Bonchev–Trinajstić information content (AvgIpc) is 3.57. The van der Waals surface area contributed by atoms with Gasteiger partial charge in [-0.1, -0.05) is 74.7 Å². The van der Waals surface area contributed by atoms with Crippen molar-refractivity contribution in [2.45, 2.75) is 76.5 Å². The molecule has 158 valence electrons. The summed E-state index contributed by atoms with van der Waals surface area (Å²) in [7, 11) is -3.39. The molecule has 2 heterocycles. The van der Waals surface area contributed by atoms with E-state index in [9.17, 15) is 0 Å². The summed E-state index contributed by atoms with van der Waals surface area (Å²) in [6.45, 7) is 17.4. The Morgan fingerprint density at radius 2 is 1.11 bits per heavy atom. The smallest absolute Gasteiger partial charge is 0.113 e. The van der Waals surface area contributed by atoms with Crippen molar-refractivity contribution in [3.63, 3.8) is 0 Å². The first kappa shape index (κ1) is 22.2. The zero-order valence-corrected chi connectivity index (χ0v) is 20.5. The van der Waals surface area contributed by atoms with Crippen LogP contribution < -0.4 is 10.4 Å². The van der Waals surface area contributed by atoms with Crippen LogP contribution in [0.1, 0.15) is 26.7 Å². The second kappa shape index (κ2) is 9.10. The van der Waals surface area contributed by atoms with E-state index in [0.29, 0.717) is 23.7 Å². The molecular weight excluding hydrogens is 384 g/mol. The highest BCUT2D eigenvalue weighted by Crippen LogP contribution is 2.21. The third-order valence-corrected chi connectivity index (χ3v) is 14.5. The van der Waals surface area contributed by atoms with Crippen molar-refractivity contribution in [2.75, 3.05) is 26.4 Å². The maximum absolute atomic E-state index is 6.26. The van der Waals surface area contributed by atoms with Crippen LogP contribution in [0.25, 0.3) is 0 Å². The lowest BCUT2D eigenvalue weighted by Gasteiger charge is -2.34. The quantitative estimate of drug-likeness (QED) is 0.384. The van der Waals surface area contributed by atoms with Crippen molar-refractivity contribution in [2.24, 2.45) is 0 Å². The number of rotatable bonds is 12. The highest BCUT2D eigenvalue weighted by atomic mass is 28.3. The Kier molecular flexibility index (Phi) is 7.21. The van der Waals surface area contributed by atoms with Gasteiger partial charge < -0.3 is 18.9 Å². The molecule has 28 heavy (non-hydrogen) atoms. The topological polar surface area (TPSA) is 43.5 Å². The van der Waals surface area contributed by atoms with E-state index in [1.807, 2.05) is 0 Å². The second-order valence-corrected chi connectivity index (χ2v) is 18.7. The van der Waals surface area contributed by atoms with E-state index >= 15 is 0 Å². The van der Waals surface area contributed by atoms with Crippen LogP contribution >= 0.6 is 0 Å². The lowest BCUT2D eigenvalue weighted by molar-refractivity contribution is 0.0837. The van der Waals surface area contributed by atoms with Crippen LogP contribution in [-0.2, 0) is 18.9 Å². The first-order valence-electron chi connectivity index (χ1n) is 10.9. The predicted octanol–water partition coefficient (Wildman–Crippen LogP) is 2.98. The van der Waals surface area contributed by atoms with E-state index in [-0.39, 0.29) is 0 Å². The van der Waals surface area contributed by atoms with Crippen LogP contribution in [0.15, 0.2) is 24.3 Å². The Labute approximate surface area is 172 Å². The van der Waals surface area contributed by atoms with E-state index in [4.69, 9.17) is 18.9 Å². The Morgan fingerprint density at radius 3 is 1.36 bits per heavy atom. The van der Waals surface area contributed by atoms with E-state index in [0.717, 1.165) is 39.3 Å². The van der Waals surface area contributed by atoms with Gasteiger partial charge >= 0.3 is 0 Å². The van der Waals surface area contributed by atoms with Crippen LogP contribution in [0, 0.1) is 0 Å². The number of epoxide rings is 2. The molecule has 0 amide bonds. The molecule has 0 N–H and O–H groups in total. The van der Waals surface area contributed by atoms with E-state index in [1.165, 1.54) is 10.4 Å². The van der Waals surface area contributed by atoms with E-state index < -0.39 is 16.1 Å². The minimum atomic E-state index is -1.70. The Morgan fingerprint density at radius 1 is 0.786 bits per heavy atom. The van der Waals surface area contributed by atoms with Crippen molar-refractivity contribution < 1.29 is 18.9 Å². The monoisotopic (exact) mass is 422 g/mol. The van der Waals surface area contributed by atoms with Gasteiger partial charge in [0, 0.05) is 0 Å². The molecule has 4 nitrogen and oxygen atoms in total. The van der Waals surface area contributed by atoms with Crippen molar-refractivity contribution in [3.05, 3.63) is 24.3 Å². The van der Waals surface area contributed by atoms with Gasteiger partial charge in [-0.2, -0.15) is 0 Å². The van der Waals surface area contributed by atoms with Crippen LogP contribution in [-0.4, -0.2) is 66.2 Å². The molecule has 1 aromatic rings. The van der Waals surface area contributed by atoms with Gasteiger partial charge in [-0.3, -0.25) is 0 Å². The molecule has 0 spiro atoms. The summed E-state index contributed by atoms with van der Waals surface area (Å²) in [6, 6.07) is 9.47. The van der Waals surface area contributed by atoms with E-state index in [2.05, 4.69) is 64.3 Å². The van der Waals surface area contributed by atoms with Gasteiger partial charge in [0.2, 0.25) is 0 Å². The summed E-state index contributed by atoms with van der Waals surface area (Å²) >= 11 is 0. The molecule has 2 aliphatic heterocycles. The molecular formula is C22H38O4Si2. The van der Waals surface area contributed by atoms with Crippen LogP contribution in [0.4, 0.5) is 0 Å². The lowest BCUT2D eigenvalue weighted by atomic mass is 10.4. The zero-order valence-electron chi connectivity index (χ0n) is 18.5. The molecule has 0 bridgehead atoms. The van der Waals surface area contributed by atoms with Crippen molar-refractivity contribution in [1.29, 1.82) is 0 Å². The molecule has 4 atom stereocenters. The molecule has 0 aromatic heterocycles. The molecule has 0 saturated carbocycles. The largest absolute Gasteiger partial charge is 0.378 e. The molecule has 2 saturated heterocycles. The summed E-state index contributed by atoms with van der Waals surface area (Å²) in [5.41, 5.74) is 0.663. The number of ether oxygens (including phenoxy) is 4. The molecule has 6 heteroatoms. The first-order valence-corrected chi connectivity index (χ1v) is 17.0. The van der Waals surface area contributed by atoms with Gasteiger partial charge in [0.1, 0.15) is 28.4 Å². The van der Waals surface area contributed by atoms with Crippen molar-refractivity contribution in [3.8, 4) is 0 Å². The van der Waals surface area contributed by atoms with Gasteiger partial charge in [-0.15, -0.1) is 0 Å². The van der Waals surface area contributed by atoms with E-state index in [1.54, 1.807) is 0 Å². The SMILES string of the molecule is CCC(OCC1CO1)[Si](C)(C)c1ccc([Si](C)(C)C(CC)OCC2CO2)cc1. The summed E-state index contributed by atoms with van der Waals surface area (Å²) in [4.78, 5) is 0. The Bertz CT molecular complexity index is 569. The Balaban J connectivity index is 1.68. The molecule has 0 radical (unpaired) electrons. The molecule has 2 fully saturated rings. The number of benzene rings is 1. The molecule has 2 aliphatic rings. The normalized spacial score (nSPS) is 24.1. The van der Waals surface area contributed by atoms with Crippen LogP contribution in [0.2, 0.25) is 26.2 Å². The third kappa shape index (κ3) is 5.34. The fraction of sp³-hybridized carbons (Fsp3) is 0.727. The Hall–Kier alpha value is -0.506. The third-order valence-electron chi connectivity index (χ3n) is 6.50. The van der Waals surface area contributed by atoms with Crippen molar-refractivity contribution >= 4 is 26.5 Å². The molecule has 0 aliphatic carbocycles. The maximum Gasteiger partial charge on any atom is 0.113 e. The van der Waals surface area contributed by atoms with Gasteiger partial charge in [0.15, 0.2) is 0 Å². The highest BCUT2D eigenvalue weighted by molar-refractivity contribution is 6.92. The van der Waals surface area contributed by atoms with Crippen LogP contribution in [0.3, 0.4) is 0 Å².